The van der Waals surface area contributed by atoms with E-state index >= 15 is 0 Å². The molecule has 2 atom stereocenters. The predicted octanol–water partition coefficient (Wildman–Crippen LogP) is 3.92. The van der Waals surface area contributed by atoms with Crippen molar-refractivity contribution in [1.29, 1.82) is 0 Å². The summed E-state index contributed by atoms with van der Waals surface area (Å²) in [6.07, 6.45) is 0. The van der Waals surface area contributed by atoms with Gasteiger partial charge in [-0.15, -0.1) is 0 Å². The maximum Gasteiger partial charge on any atom is 0.282 e. The number of rotatable bonds is 5. The molecule has 2 rings (SSSR count). The number of halogens is 1. The van der Waals surface area contributed by atoms with E-state index in [4.69, 9.17) is 11.6 Å². The van der Waals surface area contributed by atoms with Crippen LogP contribution >= 0.6 is 11.6 Å². The van der Waals surface area contributed by atoms with Crippen molar-refractivity contribution in [1.82, 2.24) is 0 Å². The van der Waals surface area contributed by atoms with Crippen molar-refractivity contribution in [3.05, 3.63) is 63.7 Å². The van der Waals surface area contributed by atoms with Gasteiger partial charge in [-0.2, -0.15) is 0 Å². The van der Waals surface area contributed by atoms with E-state index in [2.05, 4.69) is 36.6 Å². The molecule has 0 aromatic heterocycles. The van der Waals surface area contributed by atoms with Gasteiger partial charge in [-0.3, -0.25) is 4.79 Å². The topological polar surface area (TPSA) is 45.7 Å². The highest BCUT2D eigenvalue weighted by atomic mass is 35.5. The van der Waals surface area contributed by atoms with E-state index in [1.165, 1.54) is 5.56 Å². The molecule has 0 aliphatic carbocycles. The molecule has 0 aliphatic rings. The van der Waals surface area contributed by atoms with Gasteiger partial charge in [-0.25, -0.2) is 0 Å². The van der Waals surface area contributed by atoms with E-state index in [-0.39, 0.29) is 18.0 Å². The highest BCUT2D eigenvalue weighted by Gasteiger charge is 2.21. The second-order valence-electron chi connectivity index (χ2n) is 6.58. The van der Waals surface area contributed by atoms with Crippen LogP contribution in [0.2, 0.25) is 5.02 Å². The number of benzene rings is 2. The minimum Gasteiger partial charge on any atom is -0.330 e. The number of nitrogens with one attached hydrogen (secondary N) is 1. The zero-order valence-corrected chi connectivity index (χ0v) is 15.7. The number of hydrogen-bond acceptors (Lipinski definition) is 1. The minimum absolute atomic E-state index is 0.0193. The molecular weight excluding hydrogens is 320 g/mol. The first-order valence-corrected chi connectivity index (χ1v) is 8.65. The molecule has 0 fully saturated rings. The average Bonchev–Trinajstić information content (AvgIpc) is 2.51. The first-order chi connectivity index (χ1) is 11.3. The highest BCUT2D eigenvalue weighted by Crippen LogP contribution is 2.22. The van der Waals surface area contributed by atoms with Crippen LogP contribution in [0.4, 0.5) is 5.69 Å². The number of amides is 1. The van der Waals surface area contributed by atoms with Crippen molar-refractivity contribution in [2.45, 2.75) is 46.7 Å². The smallest absolute Gasteiger partial charge is 0.282 e. The van der Waals surface area contributed by atoms with E-state index in [1.807, 2.05) is 45.0 Å². The third-order valence-corrected chi connectivity index (χ3v) is 4.56. The van der Waals surface area contributed by atoms with Gasteiger partial charge in [0.25, 0.3) is 5.91 Å². The molecule has 2 aromatic carbocycles. The lowest BCUT2D eigenvalue weighted by Crippen LogP contribution is -2.91. The van der Waals surface area contributed by atoms with Gasteiger partial charge in [-0.05, 0) is 57.9 Å². The summed E-state index contributed by atoms with van der Waals surface area (Å²) < 4.78 is 0. The maximum atomic E-state index is 12.6. The number of anilines is 1. The van der Waals surface area contributed by atoms with Crippen LogP contribution in [0.5, 0.6) is 0 Å². The molecular formula is C20H26ClN2O+. The Labute approximate surface area is 149 Å². The standard InChI is InChI=1S/C20H25ClN2O/c1-12-10-13(2)19(14(3)11-12)23-20(24)16(5)22-15(4)17-6-8-18(21)9-7-17/h6-11,15-16,22H,1-5H3,(H,23,24)/p+1/t15-,16-/m0/s1. The van der Waals surface area contributed by atoms with Crippen LogP contribution in [-0.4, -0.2) is 11.9 Å². The summed E-state index contributed by atoms with van der Waals surface area (Å²) in [4.78, 5) is 12.6. The van der Waals surface area contributed by atoms with Crippen molar-refractivity contribution < 1.29 is 10.1 Å². The summed E-state index contributed by atoms with van der Waals surface area (Å²) in [5.41, 5.74) is 5.48. The van der Waals surface area contributed by atoms with E-state index in [9.17, 15) is 4.79 Å². The quantitative estimate of drug-likeness (QED) is 0.847. The normalized spacial score (nSPS) is 13.4. The van der Waals surface area contributed by atoms with Gasteiger partial charge in [0.05, 0.1) is 0 Å². The summed E-state index contributed by atoms with van der Waals surface area (Å²) in [6.45, 7) is 10.1. The predicted molar refractivity (Wildman–Crippen MR) is 101 cm³/mol. The first kappa shape index (κ1) is 18.5. The number of nitrogens with two attached hydrogens (primary N) is 1. The molecule has 1 amide bonds. The summed E-state index contributed by atoms with van der Waals surface area (Å²) in [5.74, 6) is 0.0193. The van der Waals surface area contributed by atoms with Crippen LogP contribution in [0.3, 0.4) is 0 Å². The van der Waals surface area contributed by atoms with Gasteiger partial charge in [0.2, 0.25) is 0 Å². The van der Waals surface area contributed by atoms with Crippen LogP contribution in [0.25, 0.3) is 0 Å². The fraction of sp³-hybridized carbons (Fsp3) is 0.350. The Kier molecular flexibility index (Phi) is 6.03. The van der Waals surface area contributed by atoms with Gasteiger partial charge in [0, 0.05) is 16.3 Å². The highest BCUT2D eigenvalue weighted by molar-refractivity contribution is 6.30. The molecule has 0 saturated carbocycles. The lowest BCUT2D eigenvalue weighted by molar-refractivity contribution is -0.709. The molecule has 0 spiro atoms. The van der Waals surface area contributed by atoms with Gasteiger partial charge >= 0.3 is 0 Å². The summed E-state index contributed by atoms with van der Waals surface area (Å²) in [7, 11) is 0. The molecule has 0 unspecified atom stereocenters. The molecule has 0 radical (unpaired) electrons. The molecule has 128 valence electrons. The zero-order chi connectivity index (χ0) is 17.9. The second-order valence-corrected chi connectivity index (χ2v) is 7.02. The van der Waals surface area contributed by atoms with E-state index in [0.29, 0.717) is 0 Å². The lowest BCUT2D eigenvalue weighted by Gasteiger charge is -2.18. The number of hydrogen-bond donors (Lipinski definition) is 2. The van der Waals surface area contributed by atoms with Gasteiger partial charge in [-0.1, -0.05) is 41.4 Å². The molecule has 24 heavy (non-hydrogen) atoms. The Balaban J connectivity index is 2.03. The number of carbonyl (C=O) groups excluding carboxylic acids is 1. The third-order valence-electron chi connectivity index (χ3n) is 4.31. The third kappa shape index (κ3) is 4.59. The molecule has 3 nitrogen and oxygen atoms in total. The SMILES string of the molecule is Cc1cc(C)c(NC(=O)[C@H](C)[NH2+][C@@H](C)c2ccc(Cl)cc2)c(C)c1. The molecule has 0 saturated heterocycles. The fourth-order valence-corrected chi connectivity index (χ4v) is 3.14. The van der Waals surface area contributed by atoms with Crippen molar-refractivity contribution in [3.8, 4) is 0 Å². The minimum atomic E-state index is -0.184. The fourth-order valence-electron chi connectivity index (χ4n) is 3.01. The summed E-state index contributed by atoms with van der Waals surface area (Å²) in [6, 6.07) is 11.9. The number of aryl methyl sites for hydroxylation is 3. The Morgan fingerprint density at radius 2 is 1.58 bits per heavy atom. The monoisotopic (exact) mass is 345 g/mol. The van der Waals surface area contributed by atoms with E-state index in [0.717, 1.165) is 27.4 Å². The largest absolute Gasteiger partial charge is 0.330 e. The lowest BCUT2D eigenvalue weighted by atomic mass is 10.0. The van der Waals surface area contributed by atoms with Crippen molar-refractivity contribution in [2.24, 2.45) is 0 Å². The molecule has 0 bridgehead atoms. The number of quaternary nitrogens is 1. The second kappa shape index (κ2) is 7.82. The van der Waals surface area contributed by atoms with Gasteiger partial charge in [0.1, 0.15) is 6.04 Å². The van der Waals surface area contributed by atoms with Crippen LogP contribution < -0.4 is 10.6 Å². The van der Waals surface area contributed by atoms with E-state index < -0.39 is 0 Å². The Hall–Kier alpha value is -1.84. The van der Waals surface area contributed by atoms with Crippen molar-refractivity contribution in [2.75, 3.05) is 5.32 Å². The van der Waals surface area contributed by atoms with Crippen molar-refractivity contribution >= 4 is 23.2 Å². The molecule has 4 heteroatoms. The Morgan fingerprint density at radius 3 is 2.12 bits per heavy atom. The van der Waals surface area contributed by atoms with Crippen LogP contribution in [-0.2, 0) is 4.79 Å². The summed E-state index contributed by atoms with van der Waals surface area (Å²) in [5, 5.41) is 5.87. The van der Waals surface area contributed by atoms with Crippen molar-refractivity contribution in [3.63, 3.8) is 0 Å². The zero-order valence-electron chi connectivity index (χ0n) is 15.0. The van der Waals surface area contributed by atoms with Crippen LogP contribution in [0, 0.1) is 20.8 Å². The summed E-state index contributed by atoms with van der Waals surface area (Å²) >= 11 is 5.93. The molecule has 2 aromatic rings. The van der Waals surface area contributed by atoms with Crippen LogP contribution in [0.15, 0.2) is 36.4 Å². The molecule has 0 aliphatic heterocycles. The average molecular weight is 346 g/mol. The maximum absolute atomic E-state index is 12.6. The number of carbonyl (C=O) groups is 1. The Bertz CT molecular complexity index is 702. The van der Waals surface area contributed by atoms with Crippen LogP contribution in [0.1, 0.15) is 42.1 Å². The Morgan fingerprint density at radius 1 is 1.04 bits per heavy atom. The van der Waals surface area contributed by atoms with Gasteiger partial charge in [0.15, 0.2) is 6.04 Å². The van der Waals surface area contributed by atoms with Gasteiger partial charge < -0.3 is 10.6 Å². The van der Waals surface area contributed by atoms with E-state index in [1.54, 1.807) is 0 Å². The first-order valence-electron chi connectivity index (χ1n) is 8.27. The molecule has 0 heterocycles. The molecule has 3 N–H and O–H groups in total.